The third-order valence-electron chi connectivity index (χ3n) is 6.09. The molecule has 0 spiro atoms. The van der Waals surface area contributed by atoms with Crippen molar-refractivity contribution in [3.8, 4) is 0 Å². The molecule has 0 aliphatic carbocycles. The lowest BCUT2D eigenvalue weighted by atomic mass is 9.97. The molecular formula is C21H29N3O5S2. The van der Waals surface area contributed by atoms with E-state index in [1.54, 1.807) is 22.8 Å². The molecule has 3 heterocycles. The first-order chi connectivity index (χ1) is 14.8. The molecule has 31 heavy (non-hydrogen) atoms. The van der Waals surface area contributed by atoms with Crippen LogP contribution < -0.4 is 10.2 Å². The summed E-state index contributed by atoms with van der Waals surface area (Å²) in [5.41, 5.74) is 0.755. The highest BCUT2D eigenvalue weighted by atomic mass is 32.2. The molecule has 1 amide bonds. The molecule has 1 unspecified atom stereocenters. The second-order valence-electron chi connectivity index (χ2n) is 8.52. The lowest BCUT2D eigenvalue weighted by Gasteiger charge is -2.30. The second-order valence-corrected chi connectivity index (χ2v) is 11.5. The molecule has 1 atom stereocenters. The molecule has 1 N–H and O–H groups in total. The zero-order valence-electron chi connectivity index (χ0n) is 17.9. The molecule has 170 valence electrons. The Morgan fingerprint density at radius 3 is 2.65 bits per heavy atom. The number of carbonyl (C=O) groups is 1. The normalized spacial score (nSPS) is 21.2. The maximum absolute atomic E-state index is 13.2. The summed E-state index contributed by atoms with van der Waals surface area (Å²) in [5.74, 6) is -0.200. The largest absolute Gasteiger partial charge is 0.376 e. The summed E-state index contributed by atoms with van der Waals surface area (Å²) >= 11 is 1.07. The van der Waals surface area contributed by atoms with Crippen LogP contribution in [0.25, 0.3) is 10.2 Å². The number of nitrogens with one attached hydrogen (secondary N) is 1. The van der Waals surface area contributed by atoms with Crippen LogP contribution in [0, 0.1) is 5.92 Å². The number of piperidine rings is 1. The van der Waals surface area contributed by atoms with Gasteiger partial charge in [-0.1, -0.05) is 11.3 Å². The fourth-order valence-electron chi connectivity index (χ4n) is 4.34. The molecule has 10 heteroatoms. The van der Waals surface area contributed by atoms with Crippen LogP contribution in [0.3, 0.4) is 0 Å². The van der Waals surface area contributed by atoms with Crippen molar-refractivity contribution in [2.45, 2.75) is 56.6 Å². The highest BCUT2D eigenvalue weighted by molar-refractivity contribution is 7.89. The zero-order valence-corrected chi connectivity index (χ0v) is 19.5. The third-order valence-corrected chi connectivity index (χ3v) is 8.90. The van der Waals surface area contributed by atoms with Gasteiger partial charge in [0.15, 0.2) is 0 Å². The van der Waals surface area contributed by atoms with Crippen LogP contribution in [-0.4, -0.2) is 55.5 Å². The van der Waals surface area contributed by atoms with Gasteiger partial charge in [0.05, 0.1) is 21.2 Å². The first-order valence-corrected chi connectivity index (χ1v) is 13.1. The first kappa shape index (κ1) is 22.4. The maximum Gasteiger partial charge on any atom is 0.308 e. The Bertz CT molecular complexity index is 1110. The highest BCUT2D eigenvalue weighted by Gasteiger charge is 2.32. The van der Waals surface area contributed by atoms with Crippen molar-refractivity contribution in [1.82, 2.24) is 14.2 Å². The van der Waals surface area contributed by atoms with Crippen molar-refractivity contribution < 1.29 is 17.9 Å². The van der Waals surface area contributed by atoms with Gasteiger partial charge in [-0.2, -0.15) is 4.31 Å². The van der Waals surface area contributed by atoms with Crippen molar-refractivity contribution in [1.29, 1.82) is 0 Å². The summed E-state index contributed by atoms with van der Waals surface area (Å²) in [7, 11) is -3.67. The van der Waals surface area contributed by atoms with Gasteiger partial charge in [-0.25, -0.2) is 8.42 Å². The minimum Gasteiger partial charge on any atom is -0.376 e. The number of carbonyl (C=O) groups excluding carboxylic acids is 1. The van der Waals surface area contributed by atoms with Crippen LogP contribution in [-0.2, 0) is 19.6 Å². The maximum atomic E-state index is 13.2. The lowest BCUT2D eigenvalue weighted by Crippen LogP contribution is -2.44. The number of amides is 1. The van der Waals surface area contributed by atoms with Gasteiger partial charge in [-0.3, -0.25) is 14.2 Å². The van der Waals surface area contributed by atoms with E-state index in [-0.39, 0.29) is 33.7 Å². The number of nitrogens with zero attached hydrogens (tertiary/aromatic N) is 2. The van der Waals surface area contributed by atoms with Gasteiger partial charge < -0.3 is 10.1 Å². The second kappa shape index (κ2) is 9.01. The van der Waals surface area contributed by atoms with E-state index in [2.05, 4.69) is 5.32 Å². The molecular weight excluding hydrogens is 438 g/mol. The van der Waals surface area contributed by atoms with Gasteiger partial charge in [-0.05, 0) is 57.7 Å². The fourth-order valence-corrected chi connectivity index (χ4v) is 6.96. The van der Waals surface area contributed by atoms with E-state index in [1.807, 2.05) is 13.8 Å². The van der Waals surface area contributed by atoms with Gasteiger partial charge in [0, 0.05) is 38.2 Å². The third kappa shape index (κ3) is 4.57. The first-order valence-electron chi connectivity index (χ1n) is 10.8. The number of aromatic nitrogens is 1. The van der Waals surface area contributed by atoms with E-state index in [9.17, 15) is 18.0 Å². The molecule has 2 aliphatic rings. The van der Waals surface area contributed by atoms with E-state index in [0.717, 1.165) is 36.3 Å². The molecule has 0 bridgehead atoms. The Labute approximate surface area is 186 Å². The summed E-state index contributed by atoms with van der Waals surface area (Å²) in [6, 6.07) is 4.89. The van der Waals surface area contributed by atoms with Crippen LogP contribution >= 0.6 is 11.3 Å². The Hall–Kier alpha value is -1.75. The fraction of sp³-hybridized carbons (Fsp3) is 0.619. The Balaban J connectivity index is 1.41. The standard InChI is InChI=1S/C21H29N3O5S2/c1-14(2)24-18-6-5-17(12-19(18)30-21(24)26)31(27,28)23-9-7-15(8-10-23)20(25)22-13-16-4-3-11-29-16/h5-6,12,14-16H,3-4,7-11,13H2,1-2H3,(H,22,25). The number of benzene rings is 1. The zero-order chi connectivity index (χ0) is 22.2. The lowest BCUT2D eigenvalue weighted by molar-refractivity contribution is -0.126. The number of sulfonamides is 1. The predicted octanol–water partition coefficient (Wildman–Crippen LogP) is 2.34. The molecule has 4 rings (SSSR count). The Morgan fingerprint density at radius 2 is 2.00 bits per heavy atom. The van der Waals surface area contributed by atoms with Gasteiger partial charge >= 0.3 is 4.87 Å². The van der Waals surface area contributed by atoms with Crippen LogP contribution in [0.5, 0.6) is 0 Å². The summed E-state index contributed by atoms with van der Waals surface area (Å²) in [5, 5.41) is 2.95. The van der Waals surface area contributed by atoms with Crippen LogP contribution in [0.1, 0.15) is 45.6 Å². The van der Waals surface area contributed by atoms with Crippen molar-refractivity contribution in [3.63, 3.8) is 0 Å². The van der Waals surface area contributed by atoms with Gasteiger partial charge in [0.2, 0.25) is 15.9 Å². The van der Waals surface area contributed by atoms with Crippen LogP contribution in [0.2, 0.25) is 0 Å². The number of fused-ring (bicyclic) bond motifs is 1. The number of ether oxygens (including phenoxy) is 1. The van der Waals surface area contributed by atoms with E-state index in [0.29, 0.717) is 37.2 Å². The minimum absolute atomic E-state index is 0.00844. The summed E-state index contributed by atoms with van der Waals surface area (Å²) in [6.07, 6.45) is 3.09. The quantitative estimate of drug-likeness (QED) is 0.703. The van der Waals surface area contributed by atoms with E-state index < -0.39 is 10.0 Å². The molecule has 0 radical (unpaired) electrons. The number of hydrogen-bond donors (Lipinski definition) is 1. The van der Waals surface area contributed by atoms with Gasteiger partial charge in [-0.15, -0.1) is 0 Å². The van der Waals surface area contributed by atoms with Crippen LogP contribution in [0.15, 0.2) is 27.9 Å². The molecule has 1 aromatic carbocycles. The topological polar surface area (TPSA) is 97.7 Å². The molecule has 2 aromatic rings. The van der Waals surface area contributed by atoms with E-state index >= 15 is 0 Å². The van der Waals surface area contributed by atoms with E-state index in [1.165, 1.54) is 4.31 Å². The van der Waals surface area contributed by atoms with Gasteiger partial charge in [0.1, 0.15) is 0 Å². The average molecular weight is 468 g/mol. The smallest absolute Gasteiger partial charge is 0.308 e. The Morgan fingerprint density at radius 1 is 1.26 bits per heavy atom. The molecule has 2 saturated heterocycles. The predicted molar refractivity (Wildman–Crippen MR) is 120 cm³/mol. The minimum atomic E-state index is -3.67. The van der Waals surface area contributed by atoms with Crippen molar-refractivity contribution in [3.05, 3.63) is 27.9 Å². The average Bonchev–Trinajstić information content (AvgIpc) is 3.38. The number of hydrogen-bond acceptors (Lipinski definition) is 6. The summed E-state index contributed by atoms with van der Waals surface area (Å²) < 4.78 is 35.6. The summed E-state index contributed by atoms with van der Waals surface area (Å²) in [4.78, 5) is 24.8. The van der Waals surface area contributed by atoms with Crippen molar-refractivity contribution in [2.24, 2.45) is 5.92 Å². The molecule has 8 nitrogen and oxygen atoms in total. The van der Waals surface area contributed by atoms with Crippen molar-refractivity contribution >= 4 is 37.5 Å². The molecule has 1 aromatic heterocycles. The molecule has 0 saturated carbocycles. The summed E-state index contributed by atoms with van der Waals surface area (Å²) in [6.45, 7) is 5.75. The number of rotatable bonds is 6. The van der Waals surface area contributed by atoms with E-state index in [4.69, 9.17) is 4.74 Å². The van der Waals surface area contributed by atoms with Crippen molar-refractivity contribution in [2.75, 3.05) is 26.2 Å². The molecule has 2 aliphatic heterocycles. The Kier molecular flexibility index (Phi) is 6.52. The highest BCUT2D eigenvalue weighted by Crippen LogP contribution is 2.28. The number of thiazole rings is 1. The van der Waals surface area contributed by atoms with Crippen LogP contribution in [0.4, 0.5) is 0 Å². The molecule has 2 fully saturated rings. The monoisotopic (exact) mass is 467 g/mol. The van der Waals surface area contributed by atoms with Gasteiger partial charge in [0.25, 0.3) is 0 Å². The SMILES string of the molecule is CC(C)n1c(=O)sc2cc(S(=O)(=O)N3CCC(C(=O)NCC4CCCO4)CC3)ccc21.